The molecular weight excluding hydrogens is 340 g/mol. The van der Waals surface area contributed by atoms with E-state index in [9.17, 15) is 13.6 Å². The van der Waals surface area contributed by atoms with Crippen LogP contribution in [-0.4, -0.2) is 11.0 Å². The van der Waals surface area contributed by atoms with E-state index >= 15 is 0 Å². The lowest BCUT2D eigenvalue weighted by Gasteiger charge is -2.27. The summed E-state index contributed by atoms with van der Waals surface area (Å²) >= 11 is 0. The zero-order valence-electron chi connectivity index (χ0n) is 14.5. The van der Waals surface area contributed by atoms with Crippen LogP contribution in [0, 0.1) is 11.6 Å². The quantitative estimate of drug-likeness (QED) is 0.609. The van der Waals surface area contributed by atoms with Crippen molar-refractivity contribution in [2.45, 2.75) is 26.4 Å². The number of benzene rings is 2. The van der Waals surface area contributed by atoms with Gasteiger partial charge in [-0.2, -0.15) is 0 Å². The molecule has 0 unspecified atom stereocenters. The number of ether oxygens (including phenoxy) is 2. The van der Waals surface area contributed by atoms with E-state index in [0.29, 0.717) is 11.1 Å². The maximum atomic E-state index is 14.5. The Morgan fingerprint density at radius 3 is 2.50 bits per heavy atom. The molecule has 0 spiro atoms. The molecule has 0 fully saturated rings. The molecule has 1 aromatic heterocycles. The summed E-state index contributed by atoms with van der Waals surface area (Å²) < 4.78 is 39.2. The van der Waals surface area contributed by atoms with Crippen molar-refractivity contribution in [2.75, 3.05) is 0 Å². The van der Waals surface area contributed by atoms with Crippen molar-refractivity contribution in [3.63, 3.8) is 0 Å². The third-order valence-electron chi connectivity index (χ3n) is 3.84. The van der Waals surface area contributed by atoms with Gasteiger partial charge in [0.2, 0.25) is 0 Å². The summed E-state index contributed by atoms with van der Waals surface area (Å²) in [6.07, 6.45) is 1.36. The minimum atomic E-state index is -1.23. The molecule has 0 aliphatic rings. The Morgan fingerprint density at radius 1 is 1.08 bits per heavy atom. The number of nitrogens with zero attached hydrogens (tertiary/aromatic N) is 1. The largest absolute Gasteiger partial charge is 0.455 e. The number of carbonyl (C=O) groups excluding carboxylic acids is 1. The molecule has 0 saturated heterocycles. The van der Waals surface area contributed by atoms with Crippen LogP contribution in [0.1, 0.15) is 26.3 Å². The van der Waals surface area contributed by atoms with Crippen LogP contribution in [0.5, 0.6) is 11.5 Å². The van der Waals surface area contributed by atoms with Crippen molar-refractivity contribution in [1.29, 1.82) is 0 Å². The van der Waals surface area contributed by atoms with Gasteiger partial charge in [-0.1, -0.05) is 18.2 Å². The Labute approximate surface area is 149 Å². The van der Waals surface area contributed by atoms with E-state index < -0.39 is 23.2 Å². The third kappa shape index (κ3) is 3.49. The lowest BCUT2D eigenvalue weighted by molar-refractivity contribution is -0.154. The number of esters is 1. The fraction of sp³-hybridized carbons (Fsp3) is 0.200. The van der Waals surface area contributed by atoms with Crippen molar-refractivity contribution in [3.05, 3.63) is 65.9 Å². The number of pyridine rings is 1. The maximum Gasteiger partial charge on any atom is 0.303 e. The normalized spacial score (nSPS) is 11.4. The van der Waals surface area contributed by atoms with Crippen LogP contribution in [0.3, 0.4) is 0 Å². The molecule has 26 heavy (non-hydrogen) atoms. The van der Waals surface area contributed by atoms with Crippen LogP contribution in [0.4, 0.5) is 8.78 Å². The summed E-state index contributed by atoms with van der Waals surface area (Å²) in [6, 6.07) is 10.5. The number of fused-ring (bicyclic) bond motifs is 1. The Balaban J connectivity index is 2.03. The Hall–Kier alpha value is -3.02. The first kappa shape index (κ1) is 17.8. The first-order valence-corrected chi connectivity index (χ1v) is 7.98. The second-order valence-electron chi connectivity index (χ2n) is 6.30. The number of hydrogen-bond donors (Lipinski definition) is 0. The summed E-state index contributed by atoms with van der Waals surface area (Å²) in [7, 11) is 0. The van der Waals surface area contributed by atoms with Crippen molar-refractivity contribution in [2.24, 2.45) is 0 Å². The number of aromatic nitrogens is 1. The van der Waals surface area contributed by atoms with Crippen molar-refractivity contribution in [1.82, 2.24) is 4.98 Å². The summed E-state index contributed by atoms with van der Waals surface area (Å²) in [5, 5.41) is 0.555. The summed E-state index contributed by atoms with van der Waals surface area (Å²) in [6.45, 7) is 4.41. The molecule has 0 aliphatic heterocycles. The predicted molar refractivity (Wildman–Crippen MR) is 93.0 cm³/mol. The van der Waals surface area contributed by atoms with Gasteiger partial charge >= 0.3 is 5.97 Å². The minimum Gasteiger partial charge on any atom is -0.455 e. The fourth-order valence-corrected chi connectivity index (χ4v) is 2.87. The lowest BCUT2D eigenvalue weighted by atomic mass is 9.96. The molecule has 4 nitrogen and oxygen atoms in total. The van der Waals surface area contributed by atoms with Gasteiger partial charge in [-0.3, -0.25) is 4.79 Å². The smallest absolute Gasteiger partial charge is 0.303 e. The first-order valence-electron chi connectivity index (χ1n) is 7.98. The zero-order chi connectivity index (χ0) is 18.9. The van der Waals surface area contributed by atoms with Gasteiger partial charge < -0.3 is 9.47 Å². The lowest BCUT2D eigenvalue weighted by Crippen LogP contribution is -2.26. The van der Waals surface area contributed by atoms with Gasteiger partial charge in [0.15, 0.2) is 0 Å². The SMILES string of the molecule is CC(=O)OC(C)(C)c1c(F)cccc1Oc1cnc2c(F)cccc2c1. The second-order valence-corrected chi connectivity index (χ2v) is 6.30. The predicted octanol–water partition coefficient (Wildman–Crippen LogP) is 5.10. The van der Waals surface area contributed by atoms with Crippen LogP contribution < -0.4 is 4.74 Å². The maximum absolute atomic E-state index is 14.5. The molecule has 0 saturated carbocycles. The molecule has 0 bridgehead atoms. The van der Waals surface area contributed by atoms with E-state index in [4.69, 9.17) is 9.47 Å². The zero-order valence-corrected chi connectivity index (χ0v) is 14.5. The Bertz CT molecular complexity index is 986. The molecule has 0 N–H and O–H groups in total. The highest BCUT2D eigenvalue weighted by atomic mass is 19.1. The van der Waals surface area contributed by atoms with E-state index in [-0.39, 0.29) is 16.8 Å². The van der Waals surface area contributed by atoms with Crippen LogP contribution in [0.2, 0.25) is 0 Å². The molecular formula is C20H17F2NO3. The van der Waals surface area contributed by atoms with E-state index in [0.717, 1.165) is 0 Å². The highest BCUT2D eigenvalue weighted by Gasteiger charge is 2.31. The molecule has 0 radical (unpaired) electrons. The molecule has 3 rings (SSSR count). The number of halogens is 2. The molecule has 6 heteroatoms. The first-order chi connectivity index (χ1) is 12.3. The average molecular weight is 357 g/mol. The molecule has 1 heterocycles. The van der Waals surface area contributed by atoms with Crippen molar-refractivity contribution >= 4 is 16.9 Å². The molecule has 0 amide bonds. The van der Waals surface area contributed by atoms with Gasteiger partial charge in [-0.15, -0.1) is 0 Å². The molecule has 0 aliphatic carbocycles. The number of rotatable bonds is 4. The fourth-order valence-electron chi connectivity index (χ4n) is 2.87. The Kier molecular flexibility index (Phi) is 4.59. The van der Waals surface area contributed by atoms with Gasteiger partial charge in [0.25, 0.3) is 0 Å². The number of carbonyl (C=O) groups is 1. The van der Waals surface area contributed by atoms with Crippen molar-refractivity contribution < 1.29 is 23.0 Å². The molecule has 0 atom stereocenters. The Morgan fingerprint density at radius 2 is 1.77 bits per heavy atom. The van der Waals surface area contributed by atoms with Crippen molar-refractivity contribution in [3.8, 4) is 11.5 Å². The highest BCUT2D eigenvalue weighted by molar-refractivity contribution is 5.80. The van der Waals surface area contributed by atoms with Gasteiger partial charge in [0.1, 0.15) is 34.3 Å². The van der Waals surface area contributed by atoms with Crippen LogP contribution in [-0.2, 0) is 15.1 Å². The number of para-hydroxylation sites is 1. The summed E-state index contributed by atoms with van der Waals surface area (Å²) in [5.74, 6) is -1.03. The van der Waals surface area contributed by atoms with Gasteiger partial charge in [-0.25, -0.2) is 13.8 Å². The number of hydrogen-bond acceptors (Lipinski definition) is 4. The van der Waals surface area contributed by atoms with E-state index in [1.165, 1.54) is 31.3 Å². The van der Waals surface area contributed by atoms with E-state index in [2.05, 4.69) is 4.98 Å². The van der Waals surface area contributed by atoms with Crippen LogP contribution >= 0.6 is 0 Å². The van der Waals surface area contributed by atoms with Crippen LogP contribution in [0.15, 0.2) is 48.7 Å². The van der Waals surface area contributed by atoms with Gasteiger partial charge in [0.05, 0.1) is 11.8 Å². The second kappa shape index (κ2) is 6.71. The highest BCUT2D eigenvalue weighted by Crippen LogP contribution is 2.37. The summed E-state index contributed by atoms with van der Waals surface area (Å²) in [5.41, 5.74) is -0.905. The molecule has 134 valence electrons. The van der Waals surface area contributed by atoms with Gasteiger partial charge in [-0.05, 0) is 38.1 Å². The topological polar surface area (TPSA) is 48.4 Å². The van der Waals surface area contributed by atoms with E-state index in [1.807, 2.05) is 0 Å². The summed E-state index contributed by atoms with van der Waals surface area (Å²) in [4.78, 5) is 15.4. The average Bonchev–Trinajstić information content (AvgIpc) is 2.53. The molecule has 2 aromatic carbocycles. The standard InChI is InChI=1S/C20H17F2NO3/c1-12(24)26-20(2,3)18-15(21)7-5-9-17(18)25-14-10-13-6-4-8-16(22)19(13)23-11-14/h4-11H,1-3H3. The van der Waals surface area contributed by atoms with Gasteiger partial charge in [0, 0.05) is 12.3 Å². The van der Waals surface area contributed by atoms with Crippen LogP contribution in [0.25, 0.3) is 10.9 Å². The van der Waals surface area contributed by atoms with E-state index in [1.54, 1.807) is 38.1 Å². The third-order valence-corrected chi connectivity index (χ3v) is 3.84. The molecule has 3 aromatic rings. The monoisotopic (exact) mass is 357 g/mol. The minimum absolute atomic E-state index is 0.106.